The van der Waals surface area contributed by atoms with E-state index >= 15 is 0 Å². The fourth-order valence-corrected chi connectivity index (χ4v) is 6.53. The van der Waals surface area contributed by atoms with Crippen LogP contribution in [-0.4, -0.2) is 34.2 Å². The van der Waals surface area contributed by atoms with E-state index in [4.69, 9.17) is 9.84 Å². The molecule has 7 heteroatoms. The first-order valence-electron chi connectivity index (χ1n) is 12.1. The number of cyclic esters (lactones) is 1. The zero-order valence-corrected chi connectivity index (χ0v) is 20.3. The Balaban J connectivity index is 0.000000481. The van der Waals surface area contributed by atoms with Crippen LogP contribution >= 0.6 is 0 Å². The predicted octanol–water partition coefficient (Wildman–Crippen LogP) is 4.90. The van der Waals surface area contributed by atoms with Crippen molar-refractivity contribution in [2.24, 2.45) is 35.0 Å². The van der Waals surface area contributed by atoms with E-state index in [-0.39, 0.29) is 22.9 Å². The molecule has 34 heavy (non-hydrogen) atoms. The molecule has 1 heterocycles. The van der Waals surface area contributed by atoms with E-state index in [1.54, 1.807) is 13.0 Å². The highest BCUT2D eigenvalue weighted by Crippen LogP contribution is 2.63. The molecular formula is C27H35NO6. The molecule has 184 valence electrons. The monoisotopic (exact) mass is 469 g/mol. The van der Waals surface area contributed by atoms with Gasteiger partial charge in [0.15, 0.2) is 6.10 Å². The molecule has 5 atom stereocenters. The first-order chi connectivity index (χ1) is 16.0. The zero-order valence-electron chi connectivity index (χ0n) is 20.3. The largest absolute Gasteiger partial charge is 0.478 e. The minimum atomic E-state index is -0.935. The summed E-state index contributed by atoms with van der Waals surface area (Å²) in [4.78, 5) is 33.1. The third kappa shape index (κ3) is 5.78. The van der Waals surface area contributed by atoms with Crippen molar-refractivity contribution in [2.45, 2.75) is 71.8 Å². The molecule has 5 rings (SSSR count). The molecule has 7 nitrogen and oxygen atoms in total. The summed E-state index contributed by atoms with van der Waals surface area (Å²) < 4.78 is 4.90. The highest BCUT2D eigenvalue weighted by molar-refractivity contribution is 5.88. The number of ether oxygens (including phenoxy) is 1. The molecule has 0 aromatic carbocycles. The summed E-state index contributed by atoms with van der Waals surface area (Å²) in [7, 11) is 0. The number of carboxylic acids is 2. The van der Waals surface area contributed by atoms with Gasteiger partial charge in [-0.2, -0.15) is 5.26 Å². The van der Waals surface area contributed by atoms with Crippen molar-refractivity contribution >= 4 is 17.9 Å². The number of nitriles is 1. The maximum absolute atomic E-state index is 12.3. The van der Waals surface area contributed by atoms with Crippen LogP contribution in [0.4, 0.5) is 0 Å². The Morgan fingerprint density at radius 2 is 1.76 bits per heavy atom. The second kappa shape index (κ2) is 10.2. The number of hydrogen-bond acceptors (Lipinski definition) is 5. The van der Waals surface area contributed by atoms with Gasteiger partial charge in [-0.15, -0.1) is 0 Å². The molecule has 1 aliphatic heterocycles. The van der Waals surface area contributed by atoms with Crippen LogP contribution in [0, 0.1) is 46.3 Å². The Hall–Kier alpha value is -2.88. The molecule has 0 aromatic heterocycles. The van der Waals surface area contributed by atoms with Gasteiger partial charge in [0.05, 0.1) is 6.07 Å². The summed E-state index contributed by atoms with van der Waals surface area (Å²) in [5.74, 6) is 0.256. The molecule has 1 saturated heterocycles. The summed E-state index contributed by atoms with van der Waals surface area (Å²) in [6.07, 6.45) is 10.5. The quantitative estimate of drug-likeness (QED) is 0.294. The number of allylic oxidation sites excluding steroid dienone is 3. The SMILES string of the molecule is C=C(C)C(=O)O.CC(C#N)=CC(CCC1OC1=O)C(=CC12CC3CC(CC(C3)C1C)C2)C(=O)O. The number of epoxide rings is 1. The predicted molar refractivity (Wildman–Crippen MR) is 125 cm³/mol. The van der Waals surface area contributed by atoms with Gasteiger partial charge >= 0.3 is 17.9 Å². The smallest absolute Gasteiger partial charge is 0.348 e. The van der Waals surface area contributed by atoms with Gasteiger partial charge in [0.1, 0.15) is 0 Å². The van der Waals surface area contributed by atoms with E-state index < -0.39 is 18.0 Å². The Morgan fingerprint density at radius 1 is 1.21 bits per heavy atom. The van der Waals surface area contributed by atoms with Gasteiger partial charge in [0, 0.05) is 22.6 Å². The number of nitrogens with zero attached hydrogens (tertiary/aromatic N) is 1. The summed E-state index contributed by atoms with van der Waals surface area (Å²) >= 11 is 0. The van der Waals surface area contributed by atoms with Gasteiger partial charge in [-0.1, -0.05) is 25.7 Å². The van der Waals surface area contributed by atoms with Crippen molar-refractivity contribution in [1.29, 1.82) is 5.26 Å². The van der Waals surface area contributed by atoms with Crippen molar-refractivity contribution in [3.63, 3.8) is 0 Å². The molecular weight excluding hydrogens is 434 g/mol. The van der Waals surface area contributed by atoms with Crippen molar-refractivity contribution in [3.05, 3.63) is 35.5 Å². The van der Waals surface area contributed by atoms with Gasteiger partial charge in [-0.05, 0) is 87.9 Å². The number of carbonyl (C=O) groups excluding carboxylic acids is 1. The van der Waals surface area contributed by atoms with Crippen LogP contribution in [0.15, 0.2) is 35.5 Å². The summed E-state index contributed by atoms with van der Waals surface area (Å²) in [5, 5.41) is 27.2. The first kappa shape index (κ1) is 25.7. The number of rotatable bonds is 8. The van der Waals surface area contributed by atoms with Gasteiger partial charge in [-0.25, -0.2) is 14.4 Å². The first-order valence-corrected chi connectivity index (χ1v) is 12.1. The third-order valence-electron chi connectivity index (χ3n) is 8.18. The van der Waals surface area contributed by atoms with E-state index in [0.29, 0.717) is 35.8 Å². The zero-order chi connectivity index (χ0) is 25.2. The molecule has 0 aromatic rings. The van der Waals surface area contributed by atoms with Crippen LogP contribution in [-0.2, 0) is 19.1 Å². The molecule has 5 aliphatic rings. The molecule has 4 bridgehead atoms. The van der Waals surface area contributed by atoms with Crippen molar-refractivity contribution in [2.75, 3.05) is 0 Å². The fraction of sp³-hybridized carbons (Fsp3) is 0.630. The lowest BCUT2D eigenvalue weighted by Crippen LogP contribution is -2.51. The van der Waals surface area contributed by atoms with E-state index in [2.05, 4.69) is 25.6 Å². The minimum absolute atomic E-state index is 0.0268. The standard InChI is InChI=1S/C23H29NO4.C4H6O2/c1-13(12-24)5-17(3-4-20-22(27)28-20)19(21(25)26)11-23-9-15-6-16(10-23)8-18(7-15)14(23)2;1-3(2)4(5)6/h5,11,14-18,20H,3-4,6-10H2,1-2H3,(H,25,26);1H2,2H3,(H,5,6). The number of aliphatic carboxylic acids is 2. The normalized spacial score (nSPS) is 34.3. The second-order valence-corrected chi connectivity index (χ2v) is 10.7. The Bertz CT molecular complexity index is 944. The van der Waals surface area contributed by atoms with Crippen LogP contribution in [0.5, 0.6) is 0 Å². The number of carboxylic acid groups (broad SMARTS) is 2. The molecule has 4 aliphatic carbocycles. The van der Waals surface area contributed by atoms with Crippen LogP contribution in [0.2, 0.25) is 0 Å². The Morgan fingerprint density at radius 3 is 2.21 bits per heavy atom. The molecule has 0 amide bonds. The second-order valence-electron chi connectivity index (χ2n) is 10.7. The molecule has 2 N–H and O–H groups in total. The summed E-state index contributed by atoms with van der Waals surface area (Å²) in [6.45, 7) is 8.61. The average Bonchev–Trinajstić information content (AvgIpc) is 3.47. The van der Waals surface area contributed by atoms with Crippen LogP contribution in [0.1, 0.15) is 65.7 Å². The van der Waals surface area contributed by atoms with E-state index in [1.807, 2.05) is 0 Å². The Labute approximate surface area is 201 Å². The summed E-state index contributed by atoms with van der Waals surface area (Å²) in [6, 6.07) is 2.11. The minimum Gasteiger partial charge on any atom is -0.478 e. The number of carbonyl (C=O) groups is 3. The van der Waals surface area contributed by atoms with Crippen LogP contribution in [0.3, 0.4) is 0 Å². The van der Waals surface area contributed by atoms with Gasteiger partial charge in [-0.3, -0.25) is 0 Å². The van der Waals surface area contributed by atoms with E-state index in [0.717, 1.165) is 24.7 Å². The maximum Gasteiger partial charge on any atom is 0.348 e. The number of hydrogen-bond donors (Lipinski definition) is 2. The van der Waals surface area contributed by atoms with Gasteiger partial charge in [0.25, 0.3) is 0 Å². The lowest BCUT2D eigenvalue weighted by molar-refractivity contribution is -0.134. The molecule has 0 spiro atoms. The summed E-state index contributed by atoms with van der Waals surface area (Å²) in [5.41, 5.74) is 1.06. The van der Waals surface area contributed by atoms with Gasteiger partial charge in [0.2, 0.25) is 0 Å². The third-order valence-corrected chi connectivity index (χ3v) is 8.18. The van der Waals surface area contributed by atoms with Crippen molar-refractivity contribution in [1.82, 2.24) is 0 Å². The lowest BCUT2D eigenvalue weighted by Gasteiger charge is -2.60. The van der Waals surface area contributed by atoms with E-state index in [1.165, 1.54) is 26.2 Å². The van der Waals surface area contributed by atoms with Crippen molar-refractivity contribution in [3.8, 4) is 6.07 Å². The molecule has 5 unspecified atom stereocenters. The Kier molecular flexibility index (Phi) is 7.70. The van der Waals surface area contributed by atoms with Crippen LogP contribution < -0.4 is 0 Å². The average molecular weight is 470 g/mol. The highest BCUT2D eigenvalue weighted by atomic mass is 16.6. The van der Waals surface area contributed by atoms with Crippen LogP contribution in [0.25, 0.3) is 0 Å². The maximum atomic E-state index is 12.3. The molecule has 4 saturated carbocycles. The highest BCUT2D eigenvalue weighted by Gasteiger charge is 2.54. The topological polar surface area (TPSA) is 128 Å². The van der Waals surface area contributed by atoms with Crippen molar-refractivity contribution < 1.29 is 29.3 Å². The van der Waals surface area contributed by atoms with E-state index in [9.17, 15) is 24.8 Å². The lowest BCUT2D eigenvalue weighted by atomic mass is 9.45. The molecule has 0 radical (unpaired) electrons. The molecule has 5 fully saturated rings. The fourth-order valence-electron chi connectivity index (χ4n) is 6.53. The van der Waals surface area contributed by atoms with Gasteiger partial charge < -0.3 is 14.9 Å².